The third-order valence-corrected chi connectivity index (χ3v) is 1.72. The van der Waals surface area contributed by atoms with Gasteiger partial charge < -0.3 is 16.2 Å². The van der Waals surface area contributed by atoms with Crippen LogP contribution in [-0.4, -0.2) is 34.6 Å². The van der Waals surface area contributed by atoms with Crippen LogP contribution in [0.3, 0.4) is 0 Å². The number of carbonyl (C=O) groups excluding carboxylic acids is 1. The number of carbonyl (C=O) groups is 2. The molecule has 1 rings (SSSR count). The number of nitrogens with zero attached hydrogens (tertiary/aromatic N) is 1. The zero-order valence-corrected chi connectivity index (χ0v) is 7.88. The molecule has 1 aromatic rings. The monoisotopic (exact) mass is 209 g/mol. The van der Waals surface area contributed by atoms with Gasteiger partial charge in [0.15, 0.2) is 0 Å². The molecule has 6 nitrogen and oxygen atoms in total. The van der Waals surface area contributed by atoms with Crippen molar-refractivity contribution in [3.05, 3.63) is 30.1 Å². The molecule has 1 amide bonds. The first-order chi connectivity index (χ1) is 7.11. The van der Waals surface area contributed by atoms with Crippen molar-refractivity contribution in [3.63, 3.8) is 0 Å². The third-order valence-electron chi connectivity index (χ3n) is 1.72. The maximum Gasteiger partial charge on any atom is 0.322 e. The number of aromatic nitrogens is 1. The van der Waals surface area contributed by atoms with Gasteiger partial charge in [-0.2, -0.15) is 0 Å². The van der Waals surface area contributed by atoms with Crippen LogP contribution in [0.2, 0.25) is 0 Å². The number of aliphatic carboxylic acids is 1. The van der Waals surface area contributed by atoms with Gasteiger partial charge in [0.05, 0.1) is 5.56 Å². The molecule has 6 heteroatoms. The van der Waals surface area contributed by atoms with E-state index in [-0.39, 0.29) is 12.5 Å². The Labute approximate surface area is 86.1 Å². The Morgan fingerprint density at radius 2 is 2.33 bits per heavy atom. The average Bonchev–Trinajstić information content (AvgIpc) is 2.26. The molecule has 0 aliphatic rings. The maximum atomic E-state index is 11.4. The normalized spacial score (nSPS) is 11.8. The van der Waals surface area contributed by atoms with Crippen molar-refractivity contribution < 1.29 is 14.7 Å². The molecule has 4 N–H and O–H groups in total. The molecule has 0 aliphatic carbocycles. The van der Waals surface area contributed by atoms with E-state index >= 15 is 0 Å². The van der Waals surface area contributed by atoms with Gasteiger partial charge >= 0.3 is 5.97 Å². The number of rotatable bonds is 4. The lowest BCUT2D eigenvalue weighted by atomic mass is 10.2. The number of pyridine rings is 1. The molecule has 1 aromatic heterocycles. The van der Waals surface area contributed by atoms with E-state index in [0.717, 1.165) is 0 Å². The summed E-state index contributed by atoms with van der Waals surface area (Å²) >= 11 is 0. The molecule has 1 heterocycles. The summed E-state index contributed by atoms with van der Waals surface area (Å²) in [5.74, 6) is -1.54. The Balaban J connectivity index is 2.47. The quantitative estimate of drug-likeness (QED) is 0.603. The van der Waals surface area contributed by atoms with Gasteiger partial charge in [0.1, 0.15) is 6.04 Å². The Morgan fingerprint density at radius 3 is 2.87 bits per heavy atom. The van der Waals surface area contributed by atoms with Gasteiger partial charge in [0.25, 0.3) is 5.91 Å². The van der Waals surface area contributed by atoms with Crippen LogP contribution < -0.4 is 11.1 Å². The van der Waals surface area contributed by atoms with Crippen molar-refractivity contribution in [1.82, 2.24) is 10.3 Å². The molecule has 0 aromatic carbocycles. The first kappa shape index (κ1) is 11.1. The fourth-order valence-electron chi connectivity index (χ4n) is 0.889. The number of nitrogens with two attached hydrogens (primary N) is 1. The standard InChI is InChI=1S/C9H11N3O3/c10-7(9(14)15)5-12-8(13)6-2-1-3-11-4-6/h1-4,7H,5,10H2,(H,12,13)(H,14,15)/t7-/m0/s1. The van der Waals surface area contributed by atoms with Crippen LogP contribution in [0.5, 0.6) is 0 Å². The summed E-state index contributed by atoms with van der Waals surface area (Å²) in [5, 5.41) is 10.9. The average molecular weight is 209 g/mol. The maximum absolute atomic E-state index is 11.4. The molecule has 0 saturated carbocycles. The molecule has 0 bridgehead atoms. The molecule has 0 radical (unpaired) electrons. The molecule has 0 saturated heterocycles. The van der Waals surface area contributed by atoms with Crippen molar-refractivity contribution in [2.75, 3.05) is 6.54 Å². The summed E-state index contributed by atoms with van der Waals surface area (Å²) in [6, 6.07) is 2.10. The van der Waals surface area contributed by atoms with Crippen molar-refractivity contribution >= 4 is 11.9 Å². The van der Waals surface area contributed by atoms with E-state index in [1.165, 1.54) is 6.20 Å². The van der Waals surface area contributed by atoms with Gasteiger partial charge in [-0.05, 0) is 12.1 Å². The molecule has 15 heavy (non-hydrogen) atoms. The van der Waals surface area contributed by atoms with Gasteiger partial charge in [-0.1, -0.05) is 0 Å². The number of carboxylic acids is 1. The molecule has 80 valence electrons. The van der Waals surface area contributed by atoms with E-state index in [1.807, 2.05) is 0 Å². The zero-order chi connectivity index (χ0) is 11.3. The highest BCUT2D eigenvalue weighted by molar-refractivity contribution is 5.94. The lowest BCUT2D eigenvalue weighted by molar-refractivity contribution is -0.138. The van der Waals surface area contributed by atoms with Crippen molar-refractivity contribution in [3.8, 4) is 0 Å². The molecule has 0 spiro atoms. The van der Waals surface area contributed by atoms with Crippen molar-refractivity contribution in [2.45, 2.75) is 6.04 Å². The van der Waals surface area contributed by atoms with Crippen LogP contribution in [0.1, 0.15) is 10.4 Å². The third kappa shape index (κ3) is 3.35. The largest absolute Gasteiger partial charge is 0.480 e. The summed E-state index contributed by atoms with van der Waals surface area (Å²) in [4.78, 5) is 25.5. The Morgan fingerprint density at radius 1 is 1.60 bits per heavy atom. The molecule has 0 unspecified atom stereocenters. The predicted molar refractivity (Wildman–Crippen MR) is 52.2 cm³/mol. The summed E-state index contributed by atoms with van der Waals surface area (Å²) in [6.45, 7) is -0.108. The minimum Gasteiger partial charge on any atom is -0.480 e. The highest BCUT2D eigenvalue weighted by Crippen LogP contribution is 1.94. The number of carboxylic acid groups (broad SMARTS) is 1. The van der Waals surface area contributed by atoms with Gasteiger partial charge in [-0.15, -0.1) is 0 Å². The number of hydrogen-bond donors (Lipinski definition) is 3. The van der Waals surface area contributed by atoms with Crippen molar-refractivity contribution in [2.24, 2.45) is 5.73 Å². The van der Waals surface area contributed by atoms with Crippen LogP contribution in [0.25, 0.3) is 0 Å². The van der Waals surface area contributed by atoms with Gasteiger partial charge in [-0.25, -0.2) is 0 Å². The summed E-state index contributed by atoms with van der Waals surface area (Å²) in [7, 11) is 0. The van der Waals surface area contributed by atoms with E-state index < -0.39 is 12.0 Å². The van der Waals surface area contributed by atoms with E-state index in [1.54, 1.807) is 18.3 Å². The van der Waals surface area contributed by atoms with Gasteiger partial charge in [0, 0.05) is 18.9 Å². The van der Waals surface area contributed by atoms with Crippen molar-refractivity contribution in [1.29, 1.82) is 0 Å². The lowest BCUT2D eigenvalue weighted by Crippen LogP contribution is -2.42. The van der Waals surface area contributed by atoms with Gasteiger partial charge in [0.2, 0.25) is 0 Å². The second kappa shape index (κ2) is 5.06. The second-order valence-corrected chi connectivity index (χ2v) is 2.90. The summed E-state index contributed by atoms with van der Waals surface area (Å²) in [5.41, 5.74) is 5.58. The van der Waals surface area contributed by atoms with Crippen LogP contribution >= 0.6 is 0 Å². The Kier molecular flexibility index (Phi) is 3.75. The fraction of sp³-hybridized carbons (Fsp3) is 0.222. The molecule has 0 aliphatic heterocycles. The Bertz CT molecular complexity index is 353. The number of amides is 1. The van der Waals surface area contributed by atoms with Crippen LogP contribution in [0.4, 0.5) is 0 Å². The smallest absolute Gasteiger partial charge is 0.322 e. The fourth-order valence-corrected chi connectivity index (χ4v) is 0.889. The lowest BCUT2D eigenvalue weighted by Gasteiger charge is -2.07. The van der Waals surface area contributed by atoms with E-state index in [4.69, 9.17) is 10.8 Å². The highest BCUT2D eigenvalue weighted by Gasteiger charge is 2.13. The number of hydrogen-bond acceptors (Lipinski definition) is 4. The van der Waals surface area contributed by atoms with E-state index in [9.17, 15) is 9.59 Å². The minimum atomic E-state index is -1.15. The predicted octanol–water partition coefficient (Wildman–Crippen LogP) is -0.777. The van der Waals surface area contributed by atoms with Crippen LogP contribution in [0.15, 0.2) is 24.5 Å². The van der Waals surface area contributed by atoms with E-state index in [2.05, 4.69) is 10.3 Å². The van der Waals surface area contributed by atoms with Crippen LogP contribution in [0, 0.1) is 0 Å². The minimum absolute atomic E-state index is 0.108. The van der Waals surface area contributed by atoms with Crippen LogP contribution in [-0.2, 0) is 4.79 Å². The Hall–Kier alpha value is -1.95. The number of nitrogens with one attached hydrogen (secondary N) is 1. The summed E-state index contributed by atoms with van der Waals surface area (Å²) < 4.78 is 0. The topological polar surface area (TPSA) is 105 Å². The molecule has 1 atom stereocenters. The van der Waals surface area contributed by atoms with Gasteiger partial charge in [-0.3, -0.25) is 14.6 Å². The summed E-state index contributed by atoms with van der Waals surface area (Å²) in [6.07, 6.45) is 2.93. The SMILES string of the molecule is N[C@@H](CNC(=O)c1cccnc1)C(=O)O. The zero-order valence-electron chi connectivity index (χ0n) is 7.88. The first-order valence-electron chi connectivity index (χ1n) is 4.28. The first-order valence-corrected chi connectivity index (χ1v) is 4.28. The molecule has 0 fully saturated rings. The second-order valence-electron chi connectivity index (χ2n) is 2.90. The molecular weight excluding hydrogens is 198 g/mol. The molecular formula is C9H11N3O3. The van der Waals surface area contributed by atoms with E-state index in [0.29, 0.717) is 5.56 Å². The highest BCUT2D eigenvalue weighted by atomic mass is 16.4.